The summed E-state index contributed by atoms with van der Waals surface area (Å²) in [7, 11) is 0.806. The van der Waals surface area contributed by atoms with E-state index in [-0.39, 0.29) is 29.0 Å². The normalized spacial score (nSPS) is 24.6. The number of benzene rings is 1. The minimum absolute atomic E-state index is 0.0745. The molecule has 2 aliphatic rings. The maximum Gasteiger partial charge on any atom is 0.321 e. The van der Waals surface area contributed by atoms with Gasteiger partial charge < -0.3 is 20.1 Å². The van der Waals surface area contributed by atoms with E-state index >= 15 is 0 Å². The first-order valence-corrected chi connectivity index (χ1v) is 10.6. The van der Waals surface area contributed by atoms with E-state index in [0.29, 0.717) is 18.8 Å². The summed E-state index contributed by atoms with van der Waals surface area (Å²) in [5, 5.41) is 6.95. The monoisotopic (exact) mass is 388 g/mol. The van der Waals surface area contributed by atoms with Crippen molar-refractivity contribution >= 4 is 39.3 Å². The second-order valence-corrected chi connectivity index (χ2v) is 9.20. The summed E-state index contributed by atoms with van der Waals surface area (Å²) < 4.78 is 14.2. The number of hydrogen-bond acceptors (Lipinski definition) is 3. The molecule has 2 N–H and O–H groups in total. The number of rotatable bonds is 3. The molecule has 3 heterocycles. The van der Waals surface area contributed by atoms with Crippen LogP contribution >= 0.6 is 0 Å². The lowest BCUT2D eigenvalue weighted by atomic mass is 10.1. The van der Waals surface area contributed by atoms with Crippen LogP contribution in [0.4, 0.5) is 10.5 Å². The molecular formula is C19H24N4O3S. The van der Waals surface area contributed by atoms with Crippen LogP contribution in [0.25, 0.3) is 10.9 Å². The van der Waals surface area contributed by atoms with Crippen molar-refractivity contribution in [3.8, 4) is 0 Å². The molecule has 2 fully saturated rings. The van der Waals surface area contributed by atoms with Crippen molar-refractivity contribution in [3.05, 3.63) is 30.5 Å². The molecule has 1 aromatic heterocycles. The van der Waals surface area contributed by atoms with Crippen LogP contribution in [-0.4, -0.2) is 56.3 Å². The van der Waals surface area contributed by atoms with Crippen LogP contribution in [0.5, 0.6) is 0 Å². The average Bonchev–Trinajstić information content (AvgIpc) is 3.14. The number of nitrogens with zero attached hydrogens (tertiary/aromatic N) is 2. The number of likely N-dealkylation sites (N-methyl/N-ethyl adjacent to an activating group) is 1. The van der Waals surface area contributed by atoms with E-state index in [2.05, 4.69) is 10.6 Å². The molecule has 144 valence electrons. The van der Waals surface area contributed by atoms with Crippen LogP contribution in [0.2, 0.25) is 0 Å². The Morgan fingerprint density at radius 3 is 2.81 bits per heavy atom. The number of hydrogen-bond donors (Lipinski definition) is 2. The largest absolute Gasteiger partial charge is 0.358 e. The Morgan fingerprint density at radius 2 is 2.00 bits per heavy atom. The van der Waals surface area contributed by atoms with Crippen LogP contribution < -0.4 is 10.6 Å². The summed E-state index contributed by atoms with van der Waals surface area (Å²) >= 11 is 0. The first-order valence-electron chi connectivity index (χ1n) is 9.30. The molecule has 7 nitrogen and oxygen atoms in total. The molecule has 0 aliphatic carbocycles. The van der Waals surface area contributed by atoms with E-state index in [1.807, 2.05) is 35.0 Å². The van der Waals surface area contributed by atoms with Gasteiger partial charge in [0.2, 0.25) is 5.91 Å². The summed E-state index contributed by atoms with van der Waals surface area (Å²) in [6.07, 6.45) is 4.64. The van der Waals surface area contributed by atoms with Crippen molar-refractivity contribution in [3.63, 3.8) is 0 Å². The zero-order chi connectivity index (χ0) is 19.0. The van der Waals surface area contributed by atoms with Crippen molar-refractivity contribution in [1.82, 2.24) is 14.8 Å². The maximum absolute atomic E-state index is 12.7. The second kappa shape index (κ2) is 7.34. The Bertz CT molecular complexity index is 909. The lowest BCUT2D eigenvalue weighted by Gasteiger charge is -2.24. The highest BCUT2D eigenvalue weighted by atomic mass is 32.2. The van der Waals surface area contributed by atoms with Crippen molar-refractivity contribution in [2.24, 2.45) is 0 Å². The molecule has 8 heteroatoms. The van der Waals surface area contributed by atoms with E-state index in [0.717, 1.165) is 30.2 Å². The van der Waals surface area contributed by atoms with E-state index in [4.69, 9.17) is 0 Å². The highest BCUT2D eigenvalue weighted by Gasteiger charge is 2.38. The average molecular weight is 388 g/mol. The van der Waals surface area contributed by atoms with Gasteiger partial charge in [0.15, 0.2) is 0 Å². The zero-order valence-electron chi connectivity index (χ0n) is 15.3. The minimum Gasteiger partial charge on any atom is -0.358 e. The number of carbonyl (C=O) groups excluding carboxylic acids is 2. The van der Waals surface area contributed by atoms with Crippen LogP contribution in [0.15, 0.2) is 30.5 Å². The van der Waals surface area contributed by atoms with Gasteiger partial charge in [-0.15, -0.1) is 0 Å². The number of amides is 3. The molecule has 2 aliphatic heterocycles. The zero-order valence-corrected chi connectivity index (χ0v) is 16.1. The van der Waals surface area contributed by atoms with Gasteiger partial charge in [-0.2, -0.15) is 0 Å². The van der Waals surface area contributed by atoms with E-state index in [1.165, 1.54) is 0 Å². The van der Waals surface area contributed by atoms with Crippen molar-refractivity contribution < 1.29 is 13.8 Å². The van der Waals surface area contributed by atoms with Crippen molar-refractivity contribution in [2.75, 3.05) is 25.5 Å². The van der Waals surface area contributed by atoms with Crippen molar-refractivity contribution in [1.29, 1.82) is 0 Å². The number of fused-ring (bicyclic) bond motifs is 3. The molecular weight excluding hydrogens is 364 g/mol. The van der Waals surface area contributed by atoms with Crippen LogP contribution in [0.1, 0.15) is 19.3 Å². The summed E-state index contributed by atoms with van der Waals surface area (Å²) in [4.78, 5) is 26.2. The molecule has 4 rings (SSSR count). The molecule has 2 bridgehead atoms. The fourth-order valence-electron chi connectivity index (χ4n) is 3.96. The third-order valence-corrected chi connectivity index (χ3v) is 7.69. The number of aromatic nitrogens is 1. The molecule has 0 saturated carbocycles. The smallest absolute Gasteiger partial charge is 0.321 e. The van der Waals surface area contributed by atoms with Gasteiger partial charge in [0, 0.05) is 48.1 Å². The fraction of sp³-hybridized carbons (Fsp3) is 0.474. The topological polar surface area (TPSA) is 83.4 Å². The fourth-order valence-corrected chi connectivity index (χ4v) is 5.90. The third-order valence-electron chi connectivity index (χ3n) is 5.52. The first-order chi connectivity index (χ1) is 13.0. The van der Waals surface area contributed by atoms with Gasteiger partial charge in [-0.25, -0.2) is 4.79 Å². The van der Waals surface area contributed by atoms with Crippen LogP contribution in [0.3, 0.4) is 0 Å². The Balaban J connectivity index is 1.49. The molecule has 0 spiro atoms. The van der Waals surface area contributed by atoms with Gasteiger partial charge in [-0.3, -0.25) is 9.00 Å². The highest BCUT2D eigenvalue weighted by molar-refractivity contribution is 7.86. The minimum atomic E-state index is -0.806. The second-order valence-electron chi connectivity index (χ2n) is 7.21. The predicted molar refractivity (Wildman–Crippen MR) is 106 cm³/mol. The lowest BCUT2D eigenvalue weighted by Crippen LogP contribution is -2.40. The maximum atomic E-state index is 12.7. The summed E-state index contributed by atoms with van der Waals surface area (Å²) in [6.45, 7) is 1.44. The Hall–Kier alpha value is -2.35. The molecule has 0 radical (unpaired) electrons. The number of nitrogens with one attached hydrogen (secondary N) is 2. The quantitative estimate of drug-likeness (QED) is 0.842. The van der Waals surface area contributed by atoms with Gasteiger partial charge in [0.1, 0.15) is 6.54 Å². The first kappa shape index (κ1) is 18.0. The summed E-state index contributed by atoms with van der Waals surface area (Å²) in [5.74, 6) is -0.0745. The Morgan fingerprint density at radius 1 is 1.19 bits per heavy atom. The van der Waals surface area contributed by atoms with E-state index in [1.54, 1.807) is 11.9 Å². The number of urea groups is 1. The molecule has 1 aromatic carbocycles. The molecule has 3 unspecified atom stereocenters. The van der Waals surface area contributed by atoms with Gasteiger partial charge in [-0.1, -0.05) is 6.07 Å². The molecule has 2 saturated heterocycles. The van der Waals surface area contributed by atoms with Crippen LogP contribution in [0, 0.1) is 0 Å². The molecule has 3 atom stereocenters. The number of anilines is 1. The van der Waals surface area contributed by atoms with Gasteiger partial charge in [-0.05, 0) is 42.8 Å². The van der Waals surface area contributed by atoms with Gasteiger partial charge in [0.25, 0.3) is 0 Å². The third kappa shape index (κ3) is 3.58. The van der Waals surface area contributed by atoms with Gasteiger partial charge >= 0.3 is 6.03 Å². The lowest BCUT2D eigenvalue weighted by molar-refractivity contribution is -0.121. The van der Waals surface area contributed by atoms with Crippen molar-refractivity contribution in [2.45, 2.75) is 36.3 Å². The predicted octanol–water partition coefficient (Wildman–Crippen LogP) is 1.90. The highest BCUT2D eigenvalue weighted by Crippen LogP contribution is 2.30. The molecule has 27 heavy (non-hydrogen) atoms. The number of likely N-dealkylation sites (tertiary alicyclic amines) is 1. The summed E-state index contributed by atoms with van der Waals surface area (Å²) in [5.41, 5.74) is 1.59. The van der Waals surface area contributed by atoms with E-state index < -0.39 is 10.8 Å². The Labute approximate surface area is 160 Å². The Kier molecular flexibility index (Phi) is 4.90. The standard InChI is InChI=1S/C19H24N4O3S/c1-20-18(24)12-22-8-6-13-2-3-14(10-17(13)22)21-19(25)23-9-7-15-4-5-16(11-23)27(15)26/h2-3,6,8,10,15-16H,4-5,7,9,11-12H2,1H3,(H,20,24)(H,21,25). The van der Waals surface area contributed by atoms with Gasteiger partial charge in [0.05, 0.1) is 10.8 Å². The summed E-state index contributed by atoms with van der Waals surface area (Å²) in [6, 6.07) is 7.49. The molecule has 3 amide bonds. The SMILES string of the molecule is CNC(=O)Cn1ccc2ccc(NC(=O)N3CCC4CCC(C3)S4=O)cc21. The van der Waals surface area contributed by atoms with Crippen LogP contribution in [-0.2, 0) is 22.1 Å². The molecule has 2 aromatic rings. The van der Waals surface area contributed by atoms with E-state index in [9.17, 15) is 13.8 Å². The number of carbonyl (C=O) groups is 2.